The molecule has 0 unspecified atom stereocenters. The molecular formula is C17H17ClN2O3S2. The predicted molar refractivity (Wildman–Crippen MR) is 101 cm³/mol. The van der Waals surface area contributed by atoms with Gasteiger partial charge in [-0.05, 0) is 30.3 Å². The summed E-state index contributed by atoms with van der Waals surface area (Å²) in [6.45, 7) is 0.543. The van der Waals surface area contributed by atoms with E-state index in [1.165, 1.54) is 32.3 Å². The molecule has 0 spiro atoms. The number of nitrogens with zero attached hydrogens (tertiary/aromatic N) is 2. The number of amides is 1. The molecule has 3 rings (SSSR count). The minimum Gasteiger partial charge on any atom is -0.306 e. The van der Waals surface area contributed by atoms with Crippen molar-refractivity contribution in [3.05, 3.63) is 53.1 Å². The minimum atomic E-state index is -3.64. The van der Waals surface area contributed by atoms with Gasteiger partial charge in [-0.2, -0.15) is 0 Å². The van der Waals surface area contributed by atoms with Crippen molar-refractivity contribution in [2.75, 3.05) is 31.3 Å². The number of hydrogen-bond acceptors (Lipinski definition) is 4. The molecule has 0 N–H and O–H groups in total. The van der Waals surface area contributed by atoms with Crippen molar-refractivity contribution in [2.24, 2.45) is 0 Å². The van der Waals surface area contributed by atoms with Gasteiger partial charge >= 0.3 is 0 Å². The second kappa shape index (κ2) is 6.99. The highest BCUT2D eigenvalue weighted by molar-refractivity contribution is 7.99. The van der Waals surface area contributed by atoms with Crippen LogP contribution in [0.15, 0.2) is 52.3 Å². The number of hydrogen-bond donors (Lipinski definition) is 0. The number of carbonyl (C=O) groups excluding carboxylic acids is 1. The van der Waals surface area contributed by atoms with Gasteiger partial charge in [-0.3, -0.25) is 4.79 Å². The molecule has 0 saturated carbocycles. The van der Waals surface area contributed by atoms with Gasteiger partial charge in [-0.15, -0.1) is 11.8 Å². The fraction of sp³-hybridized carbons (Fsp3) is 0.235. The molecule has 2 aromatic carbocycles. The Balaban J connectivity index is 2.04. The molecule has 0 radical (unpaired) electrons. The first-order chi connectivity index (χ1) is 11.8. The van der Waals surface area contributed by atoms with Crippen LogP contribution in [0.5, 0.6) is 0 Å². The Morgan fingerprint density at radius 2 is 1.92 bits per heavy atom. The van der Waals surface area contributed by atoms with E-state index in [1.807, 2.05) is 24.3 Å². The van der Waals surface area contributed by atoms with Gasteiger partial charge in [-0.25, -0.2) is 12.7 Å². The summed E-state index contributed by atoms with van der Waals surface area (Å²) in [5.41, 5.74) is 1.01. The first-order valence-corrected chi connectivity index (χ1v) is 10.4. The van der Waals surface area contributed by atoms with Crippen LogP contribution in [0.2, 0.25) is 5.02 Å². The summed E-state index contributed by atoms with van der Waals surface area (Å²) in [6, 6.07) is 11.9. The van der Waals surface area contributed by atoms with Crippen molar-refractivity contribution in [3.8, 4) is 0 Å². The smallest absolute Gasteiger partial charge is 0.259 e. The van der Waals surface area contributed by atoms with Gasteiger partial charge in [0.2, 0.25) is 10.0 Å². The fourth-order valence-electron chi connectivity index (χ4n) is 2.57. The molecule has 0 atom stereocenters. The molecule has 5 nitrogen and oxygen atoms in total. The Morgan fingerprint density at radius 1 is 1.20 bits per heavy atom. The molecular weight excluding hydrogens is 380 g/mol. The van der Waals surface area contributed by atoms with Crippen molar-refractivity contribution in [2.45, 2.75) is 9.79 Å². The van der Waals surface area contributed by atoms with E-state index in [1.54, 1.807) is 16.7 Å². The number of halogens is 1. The first-order valence-electron chi connectivity index (χ1n) is 7.58. The summed E-state index contributed by atoms with van der Waals surface area (Å²) in [6.07, 6.45) is 0. The maximum Gasteiger partial charge on any atom is 0.259 e. The molecule has 0 bridgehead atoms. The highest BCUT2D eigenvalue weighted by atomic mass is 35.5. The third-order valence-electron chi connectivity index (χ3n) is 3.92. The molecule has 1 aliphatic heterocycles. The summed E-state index contributed by atoms with van der Waals surface area (Å²) < 4.78 is 25.8. The van der Waals surface area contributed by atoms with Crippen molar-refractivity contribution >= 4 is 45.0 Å². The quantitative estimate of drug-likeness (QED) is 0.798. The standard InChI is InChI=1S/C17H17ClN2O3S2/c1-19(2)25(22,23)12-7-8-14(18)13(11-12)17(21)20-9-10-24-16-6-4-3-5-15(16)20/h3-8,11H,9-10H2,1-2H3. The molecule has 25 heavy (non-hydrogen) atoms. The number of para-hydroxylation sites is 1. The average Bonchev–Trinajstić information content (AvgIpc) is 2.60. The largest absolute Gasteiger partial charge is 0.306 e. The summed E-state index contributed by atoms with van der Waals surface area (Å²) in [4.78, 5) is 15.8. The van der Waals surface area contributed by atoms with E-state index in [4.69, 9.17) is 11.6 Å². The van der Waals surface area contributed by atoms with Gasteiger partial charge < -0.3 is 4.90 Å². The van der Waals surface area contributed by atoms with E-state index in [2.05, 4.69) is 0 Å². The maximum absolute atomic E-state index is 13.1. The van der Waals surface area contributed by atoms with Crippen LogP contribution in [0.25, 0.3) is 0 Å². The molecule has 0 fully saturated rings. The number of fused-ring (bicyclic) bond motifs is 1. The molecule has 1 aliphatic rings. The predicted octanol–water partition coefficient (Wildman–Crippen LogP) is 3.34. The van der Waals surface area contributed by atoms with Crippen LogP contribution < -0.4 is 4.90 Å². The van der Waals surface area contributed by atoms with Crippen LogP contribution in [-0.4, -0.2) is 45.0 Å². The number of anilines is 1. The van der Waals surface area contributed by atoms with E-state index in [9.17, 15) is 13.2 Å². The monoisotopic (exact) mass is 396 g/mol. The van der Waals surface area contributed by atoms with E-state index in [-0.39, 0.29) is 21.4 Å². The van der Waals surface area contributed by atoms with E-state index in [0.717, 1.165) is 20.6 Å². The molecule has 0 aromatic heterocycles. The number of thioether (sulfide) groups is 1. The zero-order valence-electron chi connectivity index (χ0n) is 13.8. The minimum absolute atomic E-state index is 0.0462. The molecule has 132 valence electrons. The van der Waals surface area contributed by atoms with Crippen molar-refractivity contribution in [1.82, 2.24) is 4.31 Å². The molecule has 1 heterocycles. The highest BCUT2D eigenvalue weighted by Gasteiger charge is 2.27. The van der Waals surface area contributed by atoms with Gasteiger partial charge in [0.05, 0.1) is 21.2 Å². The van der Waals surface area contributed by atoms with Crippen LogP contribution in [0.3, 0.4) is 0 Å². The van der Waals surface area contributed by atoms with Crippen molar-refractivity contribution in [1.29, 1.82) is 0 Å². The molecule has 8 heteroatoms. The zero-order valence-corrected chi connectivity index (χ0v) is 16.2. The van der Waals surface area contributed by atoms with Gasteiger partial charge in [-0.1, -0.05) is 23.7 Å². The first kappa shape index (κ1) is 18.3. The Hall–Kier alpha value is -1.54. The normalized spacial score (nSPS) is 14.5. The maximum atomic E-state index is 13.1. The lowest BCUT2D eigenvalue weighted by atomic mass is 10.1. The Morgan fingerprint density at radius 3 is 2.64 bits per heavy atom. The molecule has 0 saturated heterocycles. The average molecular weight is 397 g/mol. The summed E-state index contributed by atoms with van der Waals surface area (Å²) in [5, 5.41) is 0.235. The third-order valence-corrected chi connectivity index (χ3v) is 7.10. The SMILES string of the molecule is CN(C)S(=O)(=O)c1ccc(Cl)c(C(=O)N2CCSc3ccccc32)c1. The van der Waals surface area contributed by atoms with Gasteiger partial charge in [0.15, 0.2) is 0 Å². The Labute approximate surface area is 156 Å². The zero-order chi connectivity index (χ0) is 18.2. The van der Waals surface area contributed by atoms with Crippen molar-refractivity contribution in [3.63, 3.8) is 0 Å². The summed E-state index contributed by atoms with van der Waals surface area (Å²) >= 11 is 7.90. The lowest BCUT2D eigenvalue weighted by molar-refractivity contribution is 0.0987. The van der Waals surface area contributed by atoms with Crippen LogP contribution >= 0.6 is 23.4 Å². The highest BCUT2D eigenvalue weighted by Crippen LogP contribution is 2.36. The third kappa shape index (κ3) is 3.42. The van der Waals surface area contributed by atoms with E-state index < -0.39 is 10.0 Å². The van der Waals surface area contributed by atoms with Crippen LogP contribution in [0, 0.1) is 0 Å². The van der Waals surface area contributed by atoms with Gasteiger partial charge in [0, 0.05) is 31.3 Å². The van der Waals surface area contributed by atoms with Crippen LogP contribution in [0.4, 0.5) is 5.69 Å². The lowest BCUT2D eigenvalue weighted by Crippen LogP contribution is -2.35. The van der Waals surface area contributed by atoms with Gasteiger partial charge in [0.1, 0.15) is 0 Å². The topological polar surface area (TPSA) is 57.7 Å². The molecule has 2 aromatic rings. The van der Waals surface area contributed by atoms with Crippen LogP contribution in [-0.2, 0) is 10.0 Å². The summed E-state index contributed by atoms with van der Waals surface area (Å²) in [5.74, 6) is 0.476. The number of carbonyl (C=O) groups is 1. The van der Waals surface area contributed by atoms with Crippen molar-refractivity contribution < 1.29 is 13.2 Å². The second-order valence-electron chi connectivity index (χ2n) is 5.70. The second-order valence-corrected chi connectivity index (χ2v) is 9.40. The fourth-order valence-corrected chi connectivity index (χ4v) is 4.69. The molecule has 1 amide bonds. The van der Waals surface area contributed by atoms with E-state index in [0.29, 0.717) is 6.54 Å². The number of benzene rings is 2. The number of sulfonamides is 1. The summed E-state index contributed by atoms with van der Waals surface area (Å²) in [7, 11) is -0.745. The van der Waals surface area contributed by atoms with E-state index >= 15 is 0 Å². The Kier molecular flexibility index (Phi) is 5.11. The lowest BCUT2D eigenvalue weighted by Gasteiger charge is -2.29. The Bertz CT molecular complexity index is 929. The van der Waals surface area contributed by atoms with Crippen LogP contribution in [0.1, 0.15) is 10.4 Å². The van der Waals surface area contributed by atoms with Gasteiger partial charge in [0.25, 0.3) is 5.91 Å². The number of rotatable bonds is 3. The molecule has 0 aliphatic carbocycles.